The van der Waals surface area contributed by atoms with E-state index in [4.69, 9.17) is 24.1 Å². The number of carboxylic acid groups (broad SMARTS) is 2. The summed E-state index contributed by atoms with van der Waals surface area (Å²) in [6.07, 6.45) is -0.800. The number of carbonyl (C=O) groups excluding carboxylic acids is 3. The molecule has 0 atom stereocenters. The first-order valence-corrected chi connectivity index (χ1v) is 12.1. The Kier molecular flexibility index (Phi) is 9.40. The lowest BCUT2D eigenvalue weighted by molar-refractivity contribution is -0.137. The molecule has 3 rings (SSSR count). The van der Waals surface area contributed by atoms with Crippen molar-refractivity contribution < 1.29 is 48.1 Å². The van der Waals surface area contributed by atoms with Gasteiger partial charge in [-0.05, 0) is 30.4 Å². The van der Waals surface area contributed by atoms with Gasteiger partial charge in [0.2, 0.25) is 0 Å². The number of benzene rings is 1. The topological polar surface area (TPSA) is 194 Å². The van der Waals surface area contributed by atoms with Crippen LogP contribution in [0.15, 0.2) is 21.9 Å². The highest BCUT2D eigenvalue weighted by atomic mass is 32.1. The van der Waals surface area contributed by atoms with Gasteiger partial charge in [-0.25, -0.2) is 9.59 Å². The number of nitrogens with one attached hydrogen (secondary N) is 3. The standard InChI is InChI=1S/C23H25N3O10S/c1-12(27)15-10-14-18(35-23(33)26-8-7-24-11-17(30)31)13-5-9-37-21(13)20(19(14)34-15)36-22(32)25-6-3-2-4-16(28)29/h5,9-10,24H,2-4,6-8,11H2,1H3,(H,25,32)(H,26,33)(H,28,29)(H,30,31). The number of hydrogen-bond donors (Lipinski definition) is 5. The molecule has 0 aliphatic heterocycles. The molecule has 198 valence electrons. The average Bonchev–Trinajstić information content (AvgIpc) is 3.48. The highest BCUT2D eigenvalue weighted by Crippen LogP contribution is 2.46. The first-order chi connectivity index (χ1) is 17.7. The molecule has 5 N–H and O–H groups in total. The Morgan fingerprint density at radius 1 is 0.919 bits per heavy atom. The van der Waals surface area contributed by atoms with Crippen LogP contribution in [0.5, 0.6) is 11.5 Å². The molecule has 0 saturated carbocycles. The maximum Gasteiger partial charge on any atom is 0.412 e. The molecule has 0 aliphatic carbocycles. The monoisotopic (exact) mass is 535 g/mol. The van der Waals surface area contributed by atoms with Crippen LogP contribution in [0.3, 0.4) is 0 Å². The van der Waals surface area contributed by atoms with E-state index in [9.17, 15) is 24.0 Å². The van der Waals surface area contributed by atoms with Crippen LogP contribution in [-0.2, 0) is 9.59 Å². The van der Waals surface area contributed by atoms with Gasteiger partial charge in [0.15, 0.2) is 28.6 Å². The number of ether oxygens (including phenoxy) is 2. The number of rotatable bonds is 13. The fraction of sp³-hybridized carbons (Fsp3) is 0.348. The summed E-state index contributed by atoms with van der Waals surface area (Å²) in [5.74, 6) is -2.24. The number of furan rings is 1. The van der Waals surface area contributed by atoms with Gasteiger partial charge in [0.25, 0.3) is 0 Å². The van der Waals surface area contributed by atoms with E-state index in [1.54, 1.807) is 11.4 Å². The molecule has 13 nitrogen and oxygen atoms in total. The summed E-state index contributed by atoms with van der Waals surface area (Å²) in [6.45, 7) is 1.53. The molecule has 0 bridgehead atoms. The van der Waals surface area contributed by atoms with Crippen molar-refractivity contribution in [3.05, 3.63) is 23.3 Å². The first-order valence-electron chi connectivity index (χ1n) is 11.2. The fourth-order valence-corrected chi connectivity index (χ4v) is 4.18. The largest absolute Gasteiger partial charge is 0.481 e. The van der Waals surface area contributed by atoms with Crippen LogP contribution in [0, 0.1) is 0 Å². The number of ketones is 1. The van der Waals surface area contributed by atoms with E-state index in [-0.39, 0.29) is 60.8 Å². The molecule has 2 heterocycles. The summed E-state index contributed by atoms with van der Waals surface area (Å²) in [5, 5.41) is 27.4. The van der Waals surface area contributed by atoms with Crippen LogP contribution < -0.4 is 25.4 Å². The van der Waals surface area contributed by atoms with Crippen molar-refractivity contribution in [1.82, 2.24) is 16.0 Å². The van der Waals surface area contributed by atoms with E-state index in [2.05, 4.69) is 16.0 Å². The van der Waals surface area contributed by atoms with Gasteiger partial charge in [-0.2, -0.15) is 0 Å². The van der Waals surface area contributed by atoms with Crippen LogP contribution in [-0.4, -0.2) is 66.3 Å². The summed E-state index contributed by atoms with van der Waals surface area (Å²) >= 11 is 1.20. The molecule has 0 radical (unpaired) electrons. The van der Waals surface area contributed by atoms with Crippen molar-refractivity contribution in [1.29, 1.82) is 0 Å². The number of thiophene rings is 1. The van der Waals surface area contributed by atoms with E-state index >= 15 is 0 Å². The normalized spacial score (nSPS) is 10.8. The van der Waals surface area contributed by atoms with Crippen LogP contribution in [0.2, 0.25) is 0 Å². The zero-order valence-corrected chi connectivity index (χ0v) is 20.6. The second-order valence-corrected chi connectivity index (χ2v) is 8.70. The first kappa shape index (κ1) is 27.4. The molecule has 3 aromatic rings. The van der Waals surface area contributed by atoms with E-state index in [0.29, 0.717) is 22.9 Å². The van der Waals surface area contributed by atoms with Gasteiger partial charge in [0.05, 0.1) is 16.6 Å². The Bertz CT molecular complexity index is 1240. The minimum absolute atomic E-state index is 0.0126. The molecule has 14 heteroatoms. The van der Waals surface area contributed by atoms with Crippen molar-refractivity contribution in [3.8, 4) is 11.5 Å². The van der Waals surface area contributed by atoms with E-state index < -0.39 is 29.9 Å². The van der Waals surface area contributed by atoms with Crippen molar-refractivity contribution >= 4 is 62.3 Å². The number of carbonyl (C=O) groups is 5. The maximum absolute atomic E-state index is 12.4. The number of fused-ring (bicyclic) bond motifs is 2. The zero-order valence-electron chi connectivity index (χ0n) is 19.8. The van der Waals surface area contributed by atoms with Crippen molar-refractivity contribution in [2.75, 3.05) is 26.2 Å². The van der Waals surface area contributed by atoms with Gasteiger partial charge in [0.1, 0.15) is 0 Å². The number of aliphatic carboxylic acids is 2. The minimum atomic E-state index is -1.03. The number of Topliss-reactive ketones (excluding diaryl/α,β-unsaturated/α-hetero) is 1. The second-order valence-electron chi connectivity index (χ2n) is 7.79. The summed E-state index contributed by atoms with van der Waals surface area (Å²) in [6, 6.07) is 3.05. The van der Waals surface area contributed by atoms with Gasteiger partial charge >= 0.3 is 24.1 Å². The molecule has 37 heavy (non-hydrogen) atoms. The Morgan fingerprint density at radius 2 is 1.62 bits per heavy atom. The number of carboxylic acids is 2. The molecule has 2 aromatic heterocycles. The number of hydrogen-bond acceptors (Lipinski definition) is 10. The average molecular weight is 536 g/mol. The second kappa shape index (κ2) is 12.7. The van der Waals surface area contributed by atoms with Crippen molar-refractivity contribution in [2.24, 2.45) is 0 Å². The Balaban J connectivity index is 1.82. The number of amides is 2. The van der Waals surface area contributed by atoms with Gasteiger partial charge in [-0.3, -0.25) is 14.4 Å². The van der Waals surface area contributed by atoms with Gasteiger partial charge < -0.3 is 40.1 Å². The Morgan fingerprint density at radius 3 is 2.30 bits per heavy atom. The van der Waals surface area contributed by atoms with Crippen LogP contribution in [0.1, 0.15) is 36.7 Å². The smallest absolute Gasteiger partial charge is 0.412 e. The van der Waals surface area contributed by atoms with Crippen LogP contribution >= 0.6 is 11.3 Å². The summed E-state index contributed by atoms with van der Waals surface area (Å²) in [5.41, 5.74) is 0.0344. The molecular weight excluding hydrogens is 510 g/mol. The molecule has 1 aromatic carbocycles. The van der Waals surface area contributed by atoms with Gasteiger partial charge in [-0.15, -0.1) is 11.3 Å². The molecule has 0 aliphatic rings. The van der Waals surface area contributed by atoms with Crippen LogP contribution in [0.25, 0.3) is 21.1 Å². The van der Waals surface area contributed by atoms with Gasteiger partial charge in [0, 0.05) is 38.4 Å². The lowest BCUT2D eigenvalue weighted by atomic mass is 10.1. The maximum atomic E-state index is 12.4. The zero-order chi connectivity index (χ0) is 26.9. The third kappa shape index (κ3) is 7.41. The van der Waals surface area contributed by atoms with E-state index in [1.165, 1.54) is 24.3 Å². The summed E-state index contributed by atoms with van der Waals surface area (Å²) in [7, 11) is 0. The predicted molar refractivity (Wildman–Crippen MR) is 132 cm³/mol. The molecule has 0 spiro atoms. The molecule has 0 fully saturated rings. The highest BCUT2D eigenvalue weighted by Gasteiger charge is 2.25. The third-order valence-electron chi connectivity index (χ3n) is 4.97. The van der Waals surface area contributed by atoms with Crippen molar-refractivity contribution in [2.45, 2.75) is 26.2 Å². The minimum Gasteiger partial charge on any atom is -0.481 e. The molecule has 2 amide bonds. The Hall–Kier alpha value is -4.17. The third-order valence-corrected chi connectivity index (χ3v) is 5.88. The van der Waals surface area contributed by atoms with Crippen molar-refractivity contribution in [3.63, 3.8) is 0 Å². The molecule has 0 unspecified atom stereocenters. The molecule has 0 saturated heterocycles. The summed E-state index contributed by atoms with van der Waals surface area (Å²) in [4.78, 5) is 58.0. The predicted octanol–water partition coefficient (Wildman–Crippen LogP) is 2.96. The van der Waals surface area contributed by atoms with E-state index in [1.807, 2.05) is 0 Å². The van der Waals surface area contributed by atoms with Gasteiger partial charge in [-0.1, -0.05) is 0 Å². The lowest BCUT2D eigenvalue weighted by Crippen LogP contribution is -2.35. The quantitative estimate of drug-likeness (QED) is 0.159. The van der Waals surface area contributed by atoms with Crippen LogP contribution in [0.4, 0.5) is 9.59 Å². The highest BCUT2D eigenvalue weighted by molar-refractivity contribution is 7.17. The number of unbranched alkanes of at least 4 members (excludes halogenated alkanes) is 1. The fourth-order valence-electron chi connectivity index (χ4n) is 3.31. The SMILES string of the molecule is CC(=O)c1cc2c(OC(=O)NCCNCC(=O)O)c3ccsc3c(OC(=O)NCCCCC(=O)O)c2o1. The lowest BCUT2D eigenvalue weighted by Gasteiger charge is -2.12. The molecular formula is C23H25N3O10S. The Labute approximate surface area is 213 Å². The summed E-state index contributed by atoms with van der Waals surface area (Å²) < 4.78 is 17.2. The van der Waals surface area contributed by atoms with E-state index in [0.717, 1.165) is 0 Å².